The van der Waals surface area contributed by atoms with Crippen LogP contribution in [0.25, 0.3) is 0 Å². The molecule has 30 heavy (non-hydrogen) atoms. The van der Waals surface area contributed by atoms with Crippen LogP contribution in [0.3, 0.4) is 0 Å². The molecule has 2 aromatic rings. The van der Waals surface area contributed by atoms with Crippen molar-refractivity contribution in [3.8, 4) is 0 Å². The Balaban J connectivity index is 1.70. The number of carbonyl (C=O) groups is 3. The van der Waals surface area contributed by atoms with Gasteiger partial charge in [-0.05, 0) is 11.6 Å². The first-order chi connectivity index (χ1) is 14.1. The van der Waals surface area contributed by atoms with Crippen LogP contribution in [0, 0.1) is 0 Å². The predicted octanol–water partition coefficient (Wildman–Crippen LogP) is 2.73. The molecule has 8 nitrogen and oxygen atoms in total. The molecule has 0 fully saturated rings. The van der Waals surface area contributed by atoms with Crippen molar-refractivity contribution in [2.75, 3.05) is 18.5 Å². The second kappa shape index (κ2) is 10.4. The molecule has 0 unspecified atom stereocenters. The number of amides is 3. The molecular formula is C18H16ClF3N4O4. The molecular weight excluding hydrogens is 429 g/mol. The molecule has 1 heterocycles. The van der Waals surface area contributed by atoms with E-state index in [0.29, 0.717) is 12.3 Å². The van der Waals surface area contributed by atoms with Crippen LogP contribution in [0.4, 0.5) is 23.8 Å². The van der Waals surface area contributed by atoms with Crippen LogP contribution in [0.1, 0.15) is 11.1 Å². The van der Waals surface area contributed by atoms with Crippen LogP contribution in [0.5, 0.6) is 0 Å². The van der Waals surface area contributed by atoms with Gasteiger partial charge >= 0.3 is 18.2 Å². The minimum absolute atomic E-state index is 0.255. The Labute approximate surface area is 173 Å². The molecule has 3 amide bonds. The van der Waals surface area contributed by atoms with Gasteiger partial charge in [0.25, 0.3) is 5.91 Å². The number of anilines is 1. The van der Waals surface area contributed by atoms with Crippen LogP contribution < -0.4 is 16.0 Å². The lowest BCUT2D eigenvalue weighted by Gasteiger charge is -2.10. The zero-order valence-electron chi connectivity index (χ0n) is 15.3. The molecule has 0 spiro atoms. The lowest BCUT2D eigenvalue weighted by Crippen LogP contribution is -2.39. The Hall–Kier alpha value is -3.34. The van der Waals surface area contributed by atoms with Crippen LogP contribution in [-0.2, 0) is 27.0 Å². The number of benzene rings is 1. The molecule has 0 bridgehead atoms. The van der Waals surface area contributed by atoms with Crippen LogP contribution in [-0.4, -0.2) is 36.0 Å². The summed E-state index contributed by atoms with van der Waals surface area (Å²) in [5.41, 5.74) is -0.212. The molecule has 0 aliphatic heterocycles. The van der Waals surface area contributed by atoms with E-state index in [1.807, 2.05) is 30.3 Å². The summed E-state index contributed by atoms with van der Waals surface area (Å²) in [4.78, 5) is 38.4. The molecule has 0 radical (unpaired) electrons. The molecule has 160 valence electrons. The number of alkyl halides is 3. The highest BCUT2D eigenvalue weighted by molar-refractivity contribution is 6.33. The van der Waals surface area contributed by atoms with E-state index < -0.39 is 47.8 Å². The normalized spacial score (nSPS) is 10.8. The van der Waals surface area contributed by atoms with Gasteiger partial charge in [-0.15, -0.1) is 0 Å². The molecule has 0 saturated heterocycles. The zero-order chi connectivity index (χ0) is 22.1. The largest absolute Gasteiger partial charge is 0.454 e. The number of pyridine rings is 1. The van der Waals surface area contributed by atoms with Crippen molar-refractivity contribution >= 4 is 35.3 Å². The van der Waals surface area contributed by atoms with E-state index in [0.717, 1.165) is 5.56 Å². The quantitative estimate of drug-likeness (QED) is 0.569. The Morgan fingerprint density at radius 3 is 2.43 bits per heavy atom. The smallest absolute Gasteiger partial charge is 0.417 e. The summed E-state index contributed by atoms with van der Waals surface area (Å²) in [7, 11) is 0. The van der Waals surface area contributed by atoms with Crippen LogP contribution in [0.15, 0.2) is 42.6 Å². The molecule has 0 atom stereocenters. The number of hydrogen-bond acceptors (Lipinski definition) is 5. The number of urea groups is 1. The minimum Gasteiger partial charge on any atom is -0.454 e. The van der Waals surface area contributed by atoms with Crippen molar-refractivity contribution in [3.05, 3.63) is 58.7 Å². The van der Waals surface area contributed by atoms with E-state index in [-0.39, 0.29) is 12.4 Å². The third-order valence-corrected chi connectivity index (χ3v) is 3.77. The lowest BCUT2D eigenvalue weighted by atomic mass is 10.2. The van der Waals surface area contributed by atoms with Gasteiger partial charge in [-0.2, -0.15) is 13.2 Å². The fourth-order valence-electron chi connectivity index (χ4n) is 2.04. The number of esters is 1. The van der Waals surface area contributed by atoms with Gasteiger partial charge in [-0.1, -0.05) is 41.9 Å². The van der Waals surface area contributed by atoms with Crippen molar-refractivity contribution in [1.82, 2.24) is 15.6 Å². The topological polar surface area (TPSA) is 109 Å². The van der Waals surface area contributed by atoms with Gasteiger partial charge in [-0.3, -0.25) is 9.59 Å². The summed E-state index contributed by atoms with van der Waals surface area (Å²) in [6.07, 6.45) is -4.12. The monoisotopic (exact) mass is 444 g/mol. The van der Waals surface area contributed by atoms with E-state index in [4.69, 9.17) is 11.6 Å². The number of nitrogens with zero attached hydrogens (tertiary/aromatic N) is 1. The van der Waals surface area contributed by atoms with Crippen molar-refractivity contribution in [2.24, 2.45) is 0 Å². The first-order valence-corrected chi connectivity index (χ1v) is 8.77. The molecule has 0 aliphatic rings. The Morgan fingerprint density at radius 2 is 1.80 bits per heavy atom. The van der Waals surface area contributed by atoms with Gasteiger partial charge < -0.3 is 20.7 Å². The summed E-state index contributed by atoms with van der Waals surface area (Å²) in [6.45, 7) is -0.983. The molecule has 2 rings (SSSR count). The average molecular weight is 445 g/mol. The SMILES string of the molecule is O=C(COC(=O)CNC(=O)NCc1ccccc1)Nc1ncc(C(F)(F)F)cc1Cl. The minimum atomic E-state index is -4.63. The maximum absolute atomic E-state index is 12.6. The molecule has 0 aliphatic carbocycles. The van der Waals surface area contributed by atoms with Crippen LogP contribution in [0.2, 0.25) is 5.02 Å². The Kier molecular flexibility index (Phi) is 7.98. The molecule has 3 N–H and O–H groups in total. The maximum atomic E-state index is 12.6. The number of rotatable bonds is 7. The van der Waals surface area contributed by atoms with Gasteiger partial charge in [0.15, 0.2) is 12.4 Å². The molecule has 0 saturated carbocycles. The van der Waals surface area contributed by atoms with Gasteiger partial charge in [-0.25, -0.2) is 9.78 Å². The summed E-state index contributed by atoms with van der Waals surface area (Å²) in [6, 6.07) is 9.07. The number of aromatic nitrogens is 1. The molecule has 1 aromatic carbocycles. The highest BCUT2D eigenvalue weighted by atomic mass is 35.5. The summed E-state index contributed by atoms with van der Waals surface area (Å²) in [5, 5.41) is 6.48. The Bertz CT molecular complexity index is 910. The highest BCUT2D eigenvalue weighted by Crippen LogP contribution is 2.32. The molecule has 1 aromatic heterocycles. The van der Waals surface area contributed by atoms with Gasteiger partial charge in [0, 0.05) is 12.7 Å². The van der Waals surface area contributed by atoms with E-state index in [1.165, 1.54) is 0 Å². The maximum Gasteiger partial charge on any atom is 0.417 e. The zero-order valence-corrected chi connectivity index (χ0v) is 16.0. The first kappa shape index (κ1) is 22.9. The second-order valence-electron chi connectivity index (χ2n) is 5.78. The van der Waals surface area contributed by atoms with E-state index in [2.05, 4.69) is 25.7 Å². The van der Waals surface area contributed by atoms with E-state index in [9.17, 15) is 27.6 Å². The van der Waals surface area contributed by atoms with Crippen molar-refractivity contribution in [1.29, 1.82) is 0 Å². The fraction of sp³-hybridized carbons (Fsp3) is 0.222. The van der Waals surface area contributed by atoms with Crippen molar-refractivity contribution in [3.63, 3.8) is 0 Å². The van der Waals surface area contributed by atoms with Gasteiger partial charge in [0.1, 0.15) is 6.54 Å². The van der Waals surface area contributed by atoms with Crippen molar-refractivity contribution in [2.45, 2.75) is 12.7 Å². The first-order valence-electron chi connectivity index (χ1n) is 8.39. The Morgan fingerprint density at radius 1 is 1.10 bits per heavy atom. The second-order valence-corrected chi connectivity index (χ2v) is 6.19. The third kappa shape index (κ3) is 7.59. The summed E-state index contributed by atoms with van der Waals surface area (Å²) in [5.74, 6) is -2.08. The number of halogens is 4. The van der Waals surface area contributed by atoms with Crippen molar-refractivity contribution < 1.29 is 32.3 Å². The standard InChI is InChI=1S/C18H16ClF3N4O4/c19-13-6-12(18(20,21)22)8-23-16(13)26-14(27)10-30-15(28)9-25-17(29)24-7-11-4-2-1-3-5-11/h1-6,8H,7,9-10H2,(H,23,26,27)(H2,24,25,29). The number of hydrogen-bond donors (Lipinski definition) is 3. The lowest BCUT2D eigenvalue weighted by molar-refractivity contribution is -0.146. The van der Waals surface area contributed by atoms with Crippen LogP contribution >= 0.6 is 11.6 Å². The van der Waals surface area contributed by atoms with Gasteiger partial charge in [0.05, 0.1) is 10.6 Å². The van der Waals surface area contributed by atoms with Gasteiger partial charge in [0.2, 0.25) is 0 Å². The fourth-order valence-corrected chi connectivity index (χ4v) is 2.26. The number of ether oxygens (including phenoxy) is 1. The summed E-state index contributed by atoms with van der Waals surface area (Å²) < 4.78 is 42.3. The van der Waals surface area contributed by atoms with E-state index >= 15 is 0 Å². The molecule has 12 heteroatoms. The predicted molar refractivity (Wildman–Crippen MR) is 101 cm³/mol. The summed E-state index contributed by atoms with van der Waals surface area (Å²) >= 11 is 5.66. The third-order valence-electron chi connectivity index (χ3n) is 3.48. The number of carbonyl (C=O) groups excluding carboxylic acids is 3. The number of nitrogens with one attached hydrogen (secondary N) is 3. The van der Waals surface area contributed by atoms with E-state index in [1.54, 1.807) is 0 Å². The highest BCUT2D eigenvalue weighted by Gasteiger charge is 2.31. The average Bonchev–Trinajstić information content (AvgIpc) is 2.70.